The highest BCUT2D eigenvalue weighted by atomic mass is 19.1. The normalized spacial score (nSPS) is 23.5. The summed E-state index contributed by atoms with van der Waals surface area (Å²) in [7, 11) is 0. The lowest BCUT2D eigenvalue weighted by atomic mass is 10.0. The number of hydrogen-bond acceptors (Lipinski definition) is 2. The minimum absolute atomic E-state index is 0.123. The average Bonchev–Trinajstić information content (AvgIpc) is 2.47. The summed E-state index contributed by atoms with van der Waals surface area (Å²) >= 11 is 0. The van der Waals surface area contributed by atoms with Gasteiger partial charge in [0.15, 0.2) is 0 Å². The van der Waals surface area contributed by atoms with Gasteiger partial charge in [0.25, 0.3) is 0 Å². The lowest BCUT2D eigenvalue weighted by molar-refractivity contribution is 0.165. The summed E-state index contributed by atoms with van der Waals surface area (Å²) in [5, 5.41) is 13.3. The van der Waals surface area contributed by atoms with Crippen molar-refractivity contribution in [3.63, 3.8) is 0 Å². The van der Waals surface area contributed by atoms with E-state index in [-0.39, 0.29) is 11.9 Å². The molecular weight excluding hydrogens is 229 g/mol. The van der Waals surface area contributed by atoms with Gasteiger partial charge in [-0.15, -0.1) is 0 Å². The number of aliphatic hydroxyl groups is 1. The molecule has 0 unspecified atom stereocenters. The number of halogens is 1. The molecule has 3 heteroatoms. The highest BCUT2D eigenvalue weighted by Gasteiger charge is 2.20. The Bertz CT molecular complexity index is 431. The fraction of sp³-hybridized carbons (Fsp3) is 0.467. The predicted molar refractivity (Wildman–Crippen MR) is 72.2 cm³/mol. The van der Waals surface area contributed by atoms with Crippen LogP contribution in [0.2, 0.25) is 0 Å². The maximum atomic E-state index is 13.2. The van der Waals surface area contributed by atoms with E-state index >= 15 is 0 Å². The van der Waals surface area contributed by atoms with Crippen molar-refractivity contribution in [3.8, 4) is 0 Å². The molecule has 1 aromatic rings. The first kappa shape index (κ1) is 13.1. The molecule has 0 saturated carbocycles. The van der Waals surface area contributed by atoms with Crippen molar-refractivity contribution in [2.45, 2.75) is 44.8 Å². The molecule has 1 aromatic carbocycles. The summed E-state index contributed by atoms with van der Waals surface area (Å²) < 4.78 is 13.2. The van der Waals surface area contributed by atoms with Crippen LogP contribution in [0.4, 0.5) is 10.1 Å². The third-order valence-corrected chi connectivity index (χ3v) is 3.21. The Morgan fingerprint density at radius 2 is 2.33 bits per heavy atom. The Labute approximate surface area is 108 Å². The van der Waals surface area contributed by atoms with Crippen LogP contribution in [0.25, 0.3) is 0 Å². The van der Waals surface area contributed by atoms with Gasteiger partial charge in [0.05, 0.1) is 6.10 Å². The number of anilines is 1. The number of benzene rings is 1. The van der Waals surface area contributed by atoms with E-state index in [1.165, 1.54) is 12.1 Å². The molecule has 1 aliphatic rings. The van der Waals surface area contributed by atoms with Gasteiger partial charge >= 0.3 is 0 Å². The van der Waals surface area contributed by atoms with Crippen LogP contribution in [0.3, 0.4) is 0 Å². The van der Waals surface area contributed by atoms with Gasteiger partial charge < -0.3 is 10.4 Å². The van der Waals surface area contributed by atoms with Crippen LogP contribution < -0.4 is 5.32 Å². The fourth-order valence-electron chi connectivity index (χ4n) is 2.31. The number of rotatable bonds is 3. The van der Waals surface area contributed by atoms with Gasteiger partial charge in [-0.1, -0.05) is 25.5 Å². The van der Waals surface area contributed by atoms with E-state index in [1.807, 2.05) is 0 Å². The highest BCUT2D eigenvalue weighted by Crippen LogP contribution is 2.25. The largest absolute Gasteiger partial charge is 0.393 e. The number of unbranched alkanes of at least 4 members (excludes halogenated alkanes) is 1. The average molecular weight is 249 g/mol. The van der Waals surface area contributed by atoms with E-state index < -0.39 is 6.10 Å². The molecule has 2 N–H and O–H groups in total. The van der Waals surface area contributed by atoms with Crippen LogP contribution in [0.15, 0.2) is 30.4 Å². The van der Waals surface area contributed by atoms with Gasteiger partial charge in [-0.25, -0.2) is 4.39 Å². The zero-order valence-electron chi connectivity index (χ0n) is 10.7. The van der Waals surface area contributed by atoms with Crippen LogP contribution >= 0.6 is 0 Å². The first-order valence-electron chi connectivity index (χ1n) is 6.58. The lowest BCUT2D eigenvalue weighted by Gasteiger charge is -2.15. The zero-order valence-corrected chi connectivity index (χ0v) is 10.7. The quantitative estimate of drug-likeness (QED) is 0.806. The number of fused-ring (bicyclic) bond motifs is 1. The molecule has 0 radical (unpaired) electrons. The monoisotopic (exact) mass is 249 g/mol. The van der Waals surface area contributed by atoms with Crippen molar-refractivity contribution in [2.24, 2.45) is 0 Å². The van der Waals surface area contributed by atoms with E-state index in [1.54, 1.807) is 6.07 Å². The molecule has 1 heterocycles. The van der Waals surface area contributed by atoms with E-state index in [4.69, 9.17) is 0 Å². The third kappa shape index (κ3) is 3.33. The van der Waals surface area contributed by atoms with Crippen molar-refractivity contribution in [1.82, 2.24) is 0 Å². The molecule has 2 rings (SSSR count). The van der Waals surface area contributed by atoms with Crippen molar-refractivity contribution in [3.05, 3.63) is 41.7 Å². The molecule has 0 spiro atoms. The first-order valence-corrected chi connectivity index (χ1v) is 6.58. The second-order valence-corrected chi connectivity index (χ2v) is 4.86. The van der Waals surface area contributed by atoms with Gasteiger partial charge in [-0.3, -0.25) is 0 Å². The minimum Gasteiger partial charge on any atom is -0.393 e. The number of hydrogen-bond donors (Lipinski definition) is 2. The Kier molecular flexibility index (Phi) is 4.37. The van der Waals surface area contributed by atoms with Crippen molar-refractivity contribution >= 4 is 5.69 Å². The van der Waals surface area contributed by atoms with Crippen molar-refractivity contribution in [2.75, 3.05) is 5.32 Å². The van der Waals surface area contributed by atoms with Crippen LogP contribution in [0.1, 0.15) is 31.7 Å². The summed E-state index contributed by atoms with van der Waals surface area (Å²) in [6.45, 7) is 2.14. The third-order valence-electron chi connectivity index (χ3n) is 3.21. The first-order chi connectivity index (χ1) is 8.69. The zero-order chi connectivity index (χ0) is 13.0. The maximum absolute atomic E-state index is 13.2. The molecule has 0 fully saturated rings. The molecule has 18 heavy (non-hydrogen) atoms. The minimum atomic E-state index is -0.420. The molecular formula is C15H20FNO. The van der Waals surface area contributed by atoms with Crippen molar-refractivity contribution in [1.29, 1.82) is 0 Å². The Morgan fingerprint density at radius 1 is 1.50 bits per heavy atom. The maximum Gasteiger partial charge on any atom is 0.123 e. The molecule has 0 bridgehead atoms. The highest BCUT2D eigenvalue weighted by molar-refractivity contribution is 5.54. The van der Waals surface area contributed by atoms with E-state index in [0.29, 0.717) is 12.8 Å². The summed E-state index contributed by atoms with van der Waals surface area (Å²) in [6, 6.07) is 4.84. The number of nitrogens with one attached hydrogen (secondary N) is 1. The van der Waals surface area contributed by atoms with Gasteiger partial charge in [0.2, 0.25) is 0 Å². The smallest absolute Gasteiger partial charge is 0.123 e. The van der Waals surface area contributed by atoms with Crippen LogP contribution in [0, 0.1) is 5.82 Å². The van der Waals surface area contributed by atoms with Crippen LogP contribution in [-0.4, -0.2) is 17.3 Å². The second-order valence-electron chi connectivity index (χ2n) is 4.86. The van der Waals surface area contributed by atoms with Gasteiger partial charge in [-0.2, -0.15) is 0 Å². The number of allylic oxidation sites excluding steroid dienone is 1. The van der Waals surface area contributed by atoms with E-state index in [2.05, 4.69) is 24.4 Å². The Balaban J connectivity index is 2.16. The van der Waals surface area contributed by atoms with Crippen LogP contribution in [0.5, 0.6) is 0 Å². The predicted octanol–water partition coefficient (Wildman–Crippen LogP) is 3.27. The summed E-state index contributed by atoms with van der Waals surface area (Å²) in [5.74, 6) is -0.247. The Hall–Kier alpha value is -1.35. The van der Waals surface area contributed by atoms with Gasteiger partial charge in [0.1, 0.15) is 5.82 Å². The molecule has 2 atom stereocenters. The molecule has 0 aliphatic carbocycles. The van der Waals surface area contributed by atoms with Crippen molar-refractivity contribution < 1.29 is 9.50 Å². The summed E-state index contributed by atoms with van der Waals surface area (Å²) in [5.41, 5.74) is 1.79. The summed E-state index contributed by atoms with van der Waals surface area (Å²) in [6.07, 6.45) is 7.16. The molecule has 0 aromatic heterocycles. The standard InChI is InChI=1S/C15H20FNO/c1-2-3-4-5-13-10-14(18)9-11-8-12(16)6-7-15(11)17-13/h4-8,13-14,17-18H,2-3,9-10H2,1H3/b5-4+/t13-,14-/m1/s1. The SMILES string of the molecule is CCC/C=C/[C@@H]1C[C@H](O)Cc2cc(F)ccc2N1. The van der Waals surface area contributed by atoms with Gasteiger partial charge in [-0.05, 0) is 36.6 Å². The van der Waals surface area contributed by atoms with Crippen LogP contribution in [-0.2, 0) is 6.42 Å². The summed E-state index contributed by atoms with van der Waals surface area (Å²) in [4.78, 5) is 0. The topological polar surface area (TPSA) is 32.3 Å². The number of aliphatic hydroxyl groups excluding tert-OH is 1. The lowest BCUT2D eigenvalue weighted by Crippen LogP contribution is -2.21. The molecule has 1 aliphatic heterocycles. The molecule has 0 amide bonds. The Morgan fingerprint density at radius 3 is 3.11 bits per heavy atom. The molecule has 0 saturated heterocycles. The second kappa shape index (κ2) is 6.01. The van der Waals surface area contributed by atoms with E-state index in [9.17, 15) is 9.50 Å². The fourth-order valence-corrected chi connectivity index (χ4v) is 2.31. The van der Waals surface area contributed by atoms with E-state index in [0.717, 1.165) is 24.1 Å². The molecule has 2 nitrogen and oxygen atoms in total. The molecule has 98 valence electrons. The van der Waals surface area contributed by atoms with Gasteiger partial charge in [0, 0.05) is 18.2 Å².